The summed E-state index contributed by atoms with van der Waals surface area (Å²) < 4.78 is 15.9. The number of hydrogen-bond donors (Lipinski definition) is 2. The van der Waals surface area contributed by atoms with Gasteiger partial charge in [0.25, 0.3) is 5.91 Å². The molecule has 2 N–H and O–H groups in total. The van der Waals surface area contributed by atoms with Gasteiger partial charge in [0, 0.05) is 5.56 Å². The second-order valence-electron chi connectivity index (χ2n) is 5.94. The lowest BCUT2D eigenvalue weighted by molar-refractivity contribution is 0.0950. The molecule has 0 bridgehead atoms. The molecule has 0 saturated heterocycles. The Labute approximate surface area is 168 Å². The summed E-state index contributed by atoms with van der Waals surface area (Å²) in [7, 11) is 3.12. The van der Waals surface area contributed by atoms with E-state index in [0.29, 0.717) is 29.5 Å². The van der Waals surface area contributed by atoms with Gasteiger partial charge in [0.1, 0.15) is 11.4 Å². The third kappa shape index (κ3) is 4.92. The molecular formula is C21H22N4O4. The second kappa shape index (κ2) is 9.41. The van der Waals surface area contributed by atoms with Gasteiger partial charge in [-0.1, -0.05) is 0 Å². The van der Waals surface area contributed by atoms with Crippen LogP contribution in [0, 0.1) is 0 Å². The quantitative estimate of drug-likeness (QED) is 0.451. The first-order chi connectivity index (χ1) is 14.1. The fourth-order valence-corrected chi connectivity index (χ4v) is 2.63. The number of nitrogens with zero attached hydrogens (tertiary/aromatic N) is 2. The minimum Gasteiger partial charge on any atom is -0.494 e. The zero-order valence-electron chi connectivity index (χ0n) is 16.4. The van der Waals surface area contributed by atoms with Crippen molar-refractivity contribution in [2.75, 3.05) is 20.8 Å². The van der Waals surface area contributed by atoms with Crippen LogP contribution in [-0.4, -0.2) is 43.1 Å². The molecule has 0 spiro atoms. The lowest BCUT2D eigenvalue weighted by Crippen LogP contribution is -2.18. The fourth-order valence-electron chi connectivity index (χ4n) is 2.63. The van der Waals surface area contributed by atoms with Crippen molar-refractivity contribution in [1.82, 2.24) is 15.6 Å². The Morgan fingerprint density at radius 1 is 1.10 bits per heavy atom. The molecule has 0 fully saturated rings. The molecule has 1 heterocycles. The number of carbonyl (C=O) groups is 1. The predicted molar refractivity (Wildman–Crippen MR) is 110 cm³/mol. The number of hydrogen-bond acceptors (Lipinski definition) is 6. The molecule has 0 aliphatic rings. The van der Waals surface area contributed by atoms with Crippen LogP contribution >= 0.6 is 0 Å². The van der Waals surface area contributed by atoms with Gasteiger partial charge in [-0.25, -0.2) is 5.43 Å². The normalized spacial score (nSPS) is 10.7. The molecule has 3 aromatic rings. The van der Waals surface area contributed by atoms with E-state index in [4.69, 9.17) is 14.2 Å². The summed E-state index contributed by atoms with van der Waals surface area (Å²) in [6.45, 7) is 2.54. The standard InChI is InChI=1S/C21H22N4O4/c1-4-29-16-8-6-15(7-9-16)17-12-18(24-23-17)21(26)25-22-13-14-5-10-19(27-2)20(11-14)28-3/h5-13H,4H2,1-3H3,(H,23,24)(H,25,26). The van der Waals surface area contributed by atoms with E-state index >= 15 is 0 Å². The summed E-state index contributed by atoms with van der Waals surface area (Å²) >= 11 is 0. The van der Waals surface area contributed by atoms with E-state index in [2.05, 4.69) is 20.7 Å². The first-order valence-electron chi connectivity index (χ1n) is 8.98. The zero-order valence-corrected chi connectivity index (χ0v) is 16.4. The fraction of sp³-hybridized carbons (Fsp3) is 0.190. The molecular weight excluding hydrogens is 372 g/mol. The number of carbonyl (C=O) groups excluding carboxylic acids is 1. The monoisotopic (exact) mass is 394 g/mol. The Bertz CT molecular complexity index is 996. The van der Waals surface area contributed by atoms with E-state index < -0.39 is 5.91 Å². The summed E-state index contributed by atoms with van der Waals surface area (Å²) in [6.07, 6.45) is 1.52. The number of benzene rings is 2. The molecule has 0 unspecified atom stereocenters. The molecule has 8 nitrogen and oxygen atoms in total. The third-order valence-electron chi connectivity index (χ3n) is 4.07. The molecule has 0 aliphatic carbocycles. The van der Waals surface area contributed by atoms with E-state index in [1.165, 1.54) is 6.21 Å². The van der Waals surface area contributed by atoms with Crippen molar-refractivity contribution >= 4 is 12.1 Å². The number of rotatable bonds is 8. The minimum atomic E-state index is -0.397. The molecule has 1 aromatic heterocycles. The lowest BCUT2D eigenvalue weighted by Gasteiger charge is -2.07. The van der Waals surface area contributed by atoms with Crippen LogP contribution in [0.2, 0.25) is 0 Å². The van der Waals surface area contributed by atoms with Crippen LogP contribution in [0.5, 0.6) is 17.2 Å². The number of ether oxygens (including phenoxy) is 3. The Morgan fingerprint density at radius 2 is 1.86 bits per heavy atom. The number of hydrazone groups is 1. The van der Waals surface area contributed by atoms with Crippen molar-refractivity contribution in [1.29, 1.82) is 0 Å². The Hall–Kier alpha value is -3.81. The highest BCUT2D eigenvalue weighted by atomic mass is 16.5. The van der Waals surface area contributed by atoms with Crippen molar-refractivity contribution in [3.05, 3.63) is 59.8 Å². The highest BCUT2D eigenvalue weighted by Gasteiger charge is 2.10. The lowest BCUT2D eigenvalue weighted by atomic mass is 10.1. The molecule has 0 radical (unpaired) electrons. The molecule has 0 saturated carbocycles. The highest BCUT2D eigenvalue weighted by molar-refractivity contribution is 5.94. The topological polar surface area (TPSA) is 97.8 Å². The zero-order chi connectivity index (χ0) is 20.6. The molecule has 0 aliphatic heterocycles. The number of aromatic amines is 1. The first kappa shape index (κ1) is 19.9. The summed E-state index contributed by atoms with van der Waals surface area (Å²) in [4.78, 5) is 12.3. The molecule has 29 heavy (non-hydrogen) atoms. The van der Waals surface area contributed by atoms with E-state index in [1.54, 1.807) is 38.5 Å². The Balaban J connectivity index is 1.63. The van der Waals surface area contributed by atoms with Gasteiger partial charge >= 0.3 is 0 Å². The van der Waals surface area contributed by atoms with Gasteiger partial charge in [-0.05, 0) is 61.0 Å². The molecule has 3 rings (SSSR count). The van der Waals surface area contributed by atoms with Crippen molar-refractivity contribution in [3.8, 4) is 28.5 Å². The molecule has 0 atom stereocenters. The average Bonchev–Trinajstić information content (AvgIpc) is 3.24. The Morgan fingerprint density at radius 3 is 2.55 bits per heavy atom. The SMILES string of the molecule is CCOc1ccc(-c2cc(C(=O)NN=Cc3ccc(OC)c(OC)c3)[nH]n2)cc1. The Kier molecular flexibility index (Phi) is 6.47. The van der Waals surface area contributed by atoms with E-state index in [0.717, 1.165) is 16.9 Å². The first-order valence-corrected chi connectivity index (χ1v) is 8.98. The van der Waals surface area contributed by atoms with Crippen molar-refractivity contribution < 1.29 is 19.0 Å². The summed E-state index contributed by atoms with van der Waals surface area (Å²) in [5, 5.41) is 10.9. The van der Waals surface area contributed by atoms with Crippen molar-refractivity contribution in [3.63, 3.8) is 0 Å². The van der Waals surface area contributed by atoms with Gasteiger partial charge < -0.3 is 14.2 Å². The summed E-state index contributed by atoms with van der Waals surface area (Å²) in [6, 6.07) is 14.5. The smallest absolute Gasteiger partial charge is 0.289 e. The van der Waals surface area contributed by atoms with Crippen LogP contribution in [0.3, 0.4) is 0 Å². The maximum Gasteiger partial charge on any atom is 0.289 e. The van der Waals surface area contributed by atoms with Gasteiger partial charge in [0.05, 0.1) is 32.7 Å². The molecule has 150 valence electrons. The van der Waals surface area contributed by atoms with Gasteiger partial charge in [-0.3, -0.25) is 9.89 Å². The van der Waals surface area contributed by atoms with Crippen LogP contribution in [0.4, 0.5) is 0 Å². The van der Waals surface area contributed by atoms with E-state index in [-0.39, 0.29) is 0 Å². The van der Waals surface area contributed by atoms with Gasteiger partial charge in [-0.15, -0.1) is 0 Å². The van der Waals surface area contributed by atoms with E-state index in [9.17, 15) is 4.79 Å². The van der Waals surface area contributed by atoms with Gasteiger partial charge in [0.2, 0.25) is 0 Å². The summed E-state index contributed by atoms with van der Waals surface area (Å²) in [5.41, 5.74) is 5.06. The maximum absolute atomic E-state index is 12.3. The average molecular weight is 394 g/mol. The number of aromatic nitrogens is 2. The van der Waals surface area contributed by atoms with Crippen LogP contribution in [0.15, 0.2) is 53.6 Å². The second-order valence-corrected chi connectivity index (χ2v) is 5.94. The summed E-state index contributed by atoms with van der Waals surface area (Å²) in [5.74, 6) is 1.59. The van der Waals surface area contributed by atoms with Crippen LogP contribution < -0.4 is 19.6 Å². The van der Waals surface area contributed by atoms with Gasteiger partial charge in [0.15, 0.2) is 11.5 Å². The number of amides is 1. The number of methoxy groups -OCH3 is 2. The maximum atomic E-state index is 12.3. The highest BCUT2D eigenvalue weighted by Crippen LogP contribution is 2.26. The predicted octanol–water partition coefficient (Wildman–Crippen LogP) is 3.26. The molecule has 2 aromatic carbocycles. The third-order valence-corrected chi connectivity index (χ3v) is 4.07. The van der Waals surface area contributed by atoms with Crippen molar-refractivity contribution in [2.45, 2.75) is 6.92 Å². The van der Waals surface area contributed by atoms with E-state index in [1.807, 2.05) is 31.2 Å². The van der Waals surface area contributed by atoms with Crippen LogP contribution in [0.1, 0.15) is 23.0 Å². The minimum absolute atomic E-state index is 0.304. The van der Waals surface area contributed by atoms with Crippen LogP contribution in [0.25, 0.3) is 11.3 Å². The molecule has 1 amide bonds. The van der Waals surface area contributed by atoms with Crippen molar-refractivity contribution in [2.24, 2.45) is 5.10 Å². The van der Waals surface area contributed by atoms with Gasteiger partial charge in [-0.2, -0.15) is 10.2 Å². The van der Waals surface area contributed by atoms with Crippen LogP contribution in [-0.2, 0) is 0 Å². The number of nitrogens with one attached hydrogen (secondary N) is 2. The molecule has 8 heteroatoms. The number of H-pyrrole nitrogens is 1. The largest absolute Gasteiger partial charge is 0.494 e.